The Kier molecular flexibility index (Phi) is 4.42. The Morgan fingerprint density at radius 2 is 2.16 bits per heavy atom. The van der Waals surface area contributed by atoms with E-state index in [0.29, 0.717) is 6.54 Å². The van der Waals surface area contributed by atoms with Gasteiger partial charge in [-0.3, -0.25) is 4.79 Å². The highest BCUT2D eigenvalue weighted by atomic mass is 32.2. The Balaban J connectivity index is 2.42. The Morgan fingerprint density at radius 3 is 2.84 bits per heavy atom. The molecule has 1 saturated heterocycles. The lowest BCUT2D eigenvalue weighted by Crippen LogP contribution is -2.41. The zero-order valence-corrected chi connectivity index (χ0v) is 11.9. The van der Waals surface area contributed by atoms with Crippen molar-refractivity contribution in [2.75, 3.05) is 6.54 Å². The molecule has 1 fully saturated rings. The number of aromatic amines is 1. The van der Waals surface area contributed by atoms with Crippen molar-refractivity contribution in [1.29, 1.82) is 0 Å². The van der Waals surface area contributed by atoms with Crippen molar-refractivity contribution in [3.63, 3.8) is 0 Å². The summed E-state index contributed by atoms with van der Waals surface area (Å²) in [6, 6.07) is 1.26. The van der Waals surface area contributed by atoms with Gasteiger partial charge in [0.15, 0.2) is 0 Å². The van der Waals surface area contributed by atoms with E-state index in [2.05, 4.69) is 4.98 Å². The molecule has 0 aromatic carbocycles. The van der Waals surface area contributed by atoms with E-state index in [4.69, 9.17) is 0 Å². The Bertz CT molecular complexity index is 580. The first-order chi connectivity index (χ1) is 9.07. The Morgan fingerprint density at radius 1 is 1.37 bits per heavy atom. The van der Waals surface area contributed by atoms with Crippen LogP contribution in [-0.4, -0.2) is 30.3 Å². The summed E-state index contributed by atoms with van der Waals surface area (Å²) in [4.78, 5) is 14.3. The highest BCUT2D eigenvalue weighted by Gasteiger charge is 2.32. The molecule has 0 aliphatic carbocycles. The maximum absolute atomic E-state index is 12.6. The summed E-state index contributed by atoms with van der Waals surface area (Å²) in [5.41, 5.74) is -0.446. The maximum Gasteiger partial charge on any atom is 0.248 e. The zero-order chi connectivity index (χ0) is 13.9. The van der Waals surface area contributed by atoms with E-state index >= 15 is 0 Å². The van der Waals surface area contributed by atoms with Gasteiger partial charge < -0.3 is 4.98 Å². The van der Waals surface area contributed by atoms with Crippen LogP contribution < -0.4 is 5.43 Å². The molecule has 0 spiro atoms. The first-order valence-corrected chi connectivity index (χ1v) is 8.20. The molecule has 1 aromatic heterocycles. The third kappa shape index (κ3) is 2.90. The molecule has 0 saturated carbocycles. The molecule has 2 heterocycles. The van der Waals surface area contributed by atoms with Gasteiger partial charge in [0, 0.05) is 31.0 Å². The van der Waals surface area contributed by atoms with Gasteiger partial charge in [-0.05, 0) is 19.3 Å². The minimum absolute atomic E-state index is 0.00658. The van der Waals surface area contributed by atoms with Crippen LogP contribution in [0.25, 0.3) is 0 Å². The molecule has 1 atom stereocenters. The van der Waals surface area contributed by atoms with E-state index in [1.54, 1.807) is 0 Å². The number of hydrogen-bond donors (Lipinski definition) is 1. The molecule has 1 N–H and O–H groups in total. The lowest BCUT2D eigenvalue weighted by molar-refractivity contribution is 0.315. The number of hydrogen-bond acceptors (Lipinski definition) is 3. The van der Waals surface area contributed by atoms with Crippen molar-refractivity contribution in [2.24, 2.45) is 0 Å². The Hall–Kier alpha value is -1.14. The summed E-state index contributed by atoms with van der Waals surface area (Å²) in [6.45, 7) is 2.50. The lowest BCUT2D eigenvalue weighted by atomic mass is 10.1. The van der Waals surface area contributed by atoms with Crippen LogP contribution >= 0.6 is 0 Å². The number of aromatic nitrogens is 1. The number of sulfonamides is 1. The van der Waals surface area contributed by atoms with Crippen molar-refractivity contribution >= 4 is 10.0 Å². The van der Waals surface area contributed by atoms with Crippen LogP contribution in [0.5, 0.6) is 0 Å². The van der Waals surface area contributed by atoms with E-state index < -0.39 is 15.5 Å². The molecule has 0 radical (unpaired) electrons. The molecule has 5 nitrogen and oxygen atoms in total. The first kappa shape index (κ1) is 14.3. The molecular weight excluding hydrogens is 264 g/mol. The number of H-pyrrole nitrogens is 1. The third-order valence-corrected chi connectivity index (χ3v) is 5.64. The fourth-order valence-corrected chi connectivity index (χ4v) is 4.41. The van der Waals surface area contributed by atoms with Crippen molar-refractivity contribution in [3.8, 4) is 0 Å². The predicted octanol–water partition coefficient (Wildman–Crippen LogP) is 1.72. The zero-order valence-electron chi connectivity index (χ0n) is 11.1. The predicted molar refractivity (Wildman–Crippen MR) is 73.5 cm³/mol. The van der Waals surface area contributed by atoms with Crippen LogP contribution in [0.3, 0.4) is 0 Å². The molecule has 1 aliphatic heterocycles. The van der Waals surface area contributed by atoms with Gasteiger partial charge in [-0.15, -0.1) is 0 Å². The molecule has 106 valence electrons. The van der Waals surface area contributed by atoms with Crippen LogP contribution in [0.1, 0.15) is 39.0 Å². The van der Waals surface area contributed by atoms with E-state index in [1.807, 2.05) is 6.92 Å². The van der Waals surface area contributed by atoms with Gasteiger partial charge in [0.1, 0.15) is 4.90 Å². The minimum Gasteiger partial charge on any atom is -0.366 e. The molecule has 19 heavy (non-hydrogen) atoms. The van der Waals surface area contributed by atoms with E-state index in [0.717, 1.165) is 32.1 Å². The topological polar surface area (TPSA) is 70.2 Å². The fraction of sp³-hybridized carbons (Fsp3) is 0.615. The van der Waals surface area contributed by atoms with Gasteiger partial charge in [-0.25, -0.2) is 8.42 Å². The molecule has 1 unspecified atom stereocenters. The van der Waals surface area contributed by atoms with Crippen LogP contribution in [0.4, 0.5) is 0 Å². The second kappa shape index (κ2) is 5.88. The second-order valence-electron chi connectivity index (χ2n) is 4.90. The largest absolute Gasteiger partial charge is 0.366 e. The van der Waals surface area contributed by atoms with Gasteiger partial charge >= 0.3 is 0 Å². The van der Waals surface area contributed by atoms with Gasteiger partial charge in [-0.1, -0.05) is 19.8 Å². The fourth-order valence-electron chi connectivity index (χ4n) is 2.60. The highest BCUT2D eigenvalue weighted by Crippen LogP contribution is 2.24. The van der Waals surface area contributed by atoms with Gasteiger partial charge in [0.25, 0.3) is 0 Å². The molecule has 2 rings (SSSR count). The van der Waals surface area contributed by atoms with Crippen molar-refractivity contribution in [1.82, 2.24) is 9.29 Å². The average molecular weight is 284 g/mol. The van der Waals surface area contributed by atoms with Gasteiger partial charge in [-0.2, -0.15) is 4.31 Å². The molecule has 0 bridgehead atoms. The van der Waals surface area contributed by atoms with Crippen LogP contribution in [0.15, 0.2) is 28.2 Å². The molecule has 1 aromatic rings. The first-order valence-electron chi connectivity index (χ1n) is 6.76. The normalized spacial score (nSPS) is 22.1. The van der Waals surface area contributed by atoms with Crippen LogP contribution in [-0.2, 0) is 10.0 Å². The van der Waals surface area contributed by atoms with E-state index in [9.17, 15) is 13.2 Å². The summed E-state index contributed by atoms with van der Waals surface area (Å²) in [6.07, 6.45) is 7.35. The summed E-state index contributed by atoms with van der Waals surface area (Å²) < 4.78 is 26.8. The quantitative estimate of drug-likeness (QED) is 0.918. The average Bonchev–Trinajstić information content (AvgIpc) is 2.64. The van der Waals surface area contributed by atoms with Gasteiger partial charge in [0.05, 0.1) is 0 Å². The molecular formula is C13H20N2O3S. The number of rotatable bonds is 3. The number of nitrogens with zero attached hydrogens (tertiary/aromatic N) is 1. The SMILES string of the molecule is CCC1CCCCCN1S(=O)(=O)c1c[nH]ccc1=O. The third-order valence-electron chi connectivity index (χ3n) is 3.67. The highest BCUT2D eigenvalue weighted by molar-refractivity contribution is 7.89. The smallest absolute Gasteiger partial charge is 0.248 e. The molecule has 1 aliphatic rings. The van der Waals surface area contributed by atoms with Crippen LogP contribution in [0, 0.1) is 0 Å². The van der Waals surface area contributed by atoms with Crippen molar-refractivity contribution in [3.05, 3.63) is 28.7 Å². The standard InChI is InChI=1S/C13H20N2O3S/c1-2-11-6-4-3-5-9-15(11)19(17,18)13-10-14-8-7-12(13)16/h7-8,10-11H,2-6,9H2,1H3,(H,14,16). The van der Waals surface area contributed by atoms with Gasteiger partial charge in [0.2, 0.25) is 15.5 Å². The van der Waals surface area contributed by atoms with Crippen LogP contribution in [0.2, 0.25) is 0 Å². The molecule has 6 heteroatoms. The van der Waals surface area contributed by atoms with Crippen molar-refractivity contribution < 1.29 is 8.42 Å². The molecule has 0 amide bonds. The monoisotopic (exact) mass is 284 g/mol. The summed E-state index contributed by atoms with van der Waals surface area (Å²) in [5.74, 6) is 0. The van der Waals surface area contributed by atoms with Crippen molar-refractivity contribution in [2.45, 2.75) is 50.0 Å². The minimum atomic E-state index is -3.69. The van der Waals surface area contributed by atoms with E-state index in [1.165, 1.54) is 22.8 Å². The Labute approximate surface area is 113 Å². The van der Waals surface area contributed by atoms with E-state index in [-0.39, 0.29) is 10.9 Å². The maximum atomic E-state index is 12.6. The number of pyridine rings is 1. The summed E-state index contributed by atoms with van der Waals surface area (Å²) in [7, 11) is -3.69. The summed E-state index contributed by atoms with van der Waals surface area (Å²) >= 11 is 0. The lowest BCUT2D eigenvalue weighted by Gasteiger charge is -2.27. The number of nitrogens with one attached hydrogen (secondary N) is 1. The summed E-state index contributed by atoms with van der Waals surface area (Å²) in [5, 5.41) is 0. The second-order valence-corrected chi connectivity index (χ2v) is 6.76.